The van der Waals surface area contributed by atoms with Gasteiger partial charge in [0.25, 0.3) is 0 Å². The molecule has 0 saturated carbocycles. The van der Waals surface area contributed by atoms with Gasteiger partial charge < -0.3 is 19.9 Å². The van der Waals surface area contributed by atoms with E-state index in [0.29, 0.717) is 24.1 Å². The van der Waals surface area contributed by atoms with Crippen molar-refractivity contribution in [3.8, 4) is 0 Å². The quantitative estimate of drug-likeness (QED) is 0.685. The molecule has 0 aromatic heterocycles. The summed E-state index contributed by atoms with van der Waals surface area (Å²) in [4.78, 5) is 54.0. The molecule has 2 heterocycles. The zero-order valence-electron chi connectivity index (χ0n) is 17.9. The summed E-state index contributed by atoms with van der Waals surface area (Å²) in [5.41, 5.74) is 4.96. The van der Waals surface area contributed by atoms with E-state index in [1.807, 2.05) is 0 Å². The number of para-hydroxylation sites is 1. The predicted octanol–water partition coefficient (Wildman–Crippen LogP) is 1.60. The van der Waals surface area contributed by atoms with Gasteiger partial charge in [-0.15, -0.1) is 0 Å². The average molecular weight is 440 g/mol. The smallest absolute Gasteiger partial charge is 0.341 e. The van der Waals surface area contributed by atoms with Crippen LogP contribution in [0.15, 0.2) is 47.1 Å². The van der Waals surface area contributed by atoms with Crippen molar-refractivity contribution in [2.75, 3.05) is 24.7 Å². The maximum absolute atomic E-state index is 14.1. The van der Waals surface area contributed by atoms with E-state index in [2.05, 4.69) is 0 Å². The molecule has 0 radical (unpaired) electrons. The molecule has 32 heavy (non-hydrogen) atoms. The molecule has 2 N–H and O–H groups in total. The summed E-state index contributed by atoms with van der Waals surface area (Å²) in [6.07, 6.45) is 1.14. The number of ketones is 1. The maximum atomic E-state index is 14.1. The van der Waals surface area contributed by atoms with Crippen LogP contribution in [0, 0.1) is 0 Å². The molecular formula is C23H24N2O7. The normalized spacial score (nSPS) is 22.0. The van der Waals surface area contributed by atoms with Crippen LogP contribution in [0.3, 0.4) is 0 Å². The van der Waals surface area contributed by atoms with Crippen molar-refractivity contribution in [2.24, 2.45) is 5.73 Å². The molecule has 3 aliphatic rings. The third-order valence-corrected chi connectivity index (χ3v) is 5.83. The first-order valence-electron chi connectivity index (χ1n) is 10.6. The van der Waals surface area contributed by atoms with Gasteiger partial charge in [0, 0.05) is 24.1 Å². The molecule has 1 amide bonds. The first-order valence-corrected chi connectivity index (χ1v) is 10.6. The molecule has 1 spiro atoms. The number of nitrogens with zero attached hydrogens (tertiary/aromatic N) is 1. The standard InChI is InChI=1S/C23H24N2O7/c1-3-30-17(27)12-25-14-9-6-5-8-13(14)23(22(25)29)18-15(26)10-7-11-16(18)32-20(24)19(23)21(28)31-4-2/h5-6,8-9H,3-4,7,10-12,24H2,1-2H3/t23-/m0/s1. The number of fused-ring (bicyclic) bond motifs is 3. The van der Waals surface area contributed by atoms with E-state index in [9.17, 15) is 19.2 Å². The summed E-state index contributed by atoms with van der Waals surface area (Å²) in [5, 5.41) is 0. The minimum Gasteiger partial charge on any atom is -0.465 e. The lowest BCUT2D eigenvalue weighted by molar-refractivity contribution is -0.142. The number of benzene rings is 1. The fourth-order valence-corrected chi connectivity index (χ4v) is 4.71. The predicted molar refractivity (Wildman–Crippen MR) is 112 cm³/mol. The summed E-state index contributed by atoms with van der Waals surface area (Å²) < 4.78 is 16.0. The van der Waals surface area contributed by atoms with E-state index in [0.717, 1.165) is 0 Å². The number of Topliss-reactive ketones (excluding diaryl/α,β-unsaturated/α-hetero) is 1. The summed E-state index contributed by atoms with van der Waals surface area (Å²) in [6, 6.07) is 6.72. The molecule has 4 rings (SSSR count). The topological polar surface area (TPSA) is 125 Å². The maximum Gasteiger partial charge on any atom is 0.341 e. The number of anilines is 1. The number of allylic oxidation sites excluding steroid dienone is 1. The van der Waals surface area contributed by atoms with E-state index >= 15 is 0 Å². The number of nitrogens with two attached hydrogens (primary N) is 1. The van der Waals surface area contributed by atoms with Gasteiger partial charge in [0.2, 0.25) is 11.8 Å². The number of ether oxygens (including phenoxy) is 3. The lowest BCUT2D eigenvalue weighted by Crippen LogP contribution is -2.52. The molecule has 9 heteroatoms. The van der Waals surface area contributed by atoms with E-state index < -0.39 is 23.3 Å². The number of esters is 2. The van der Waals surface area contributed by atoms with Crippen LogP contribution in [-0.2, 0) is 38.8 Å². The van der Waals surface area contributed by atoms with Crippen molar-refractivity contribution in [1.29, 1.82) is 0 Å². The van der Waals surface area contributed by atoms with Crippen molar-refractivity contribution in [3.05, 3.63) is 52.6 Å². The molecule has 168 valence electrons. The SMILES string of the molecule is CCOC(=O)CN1C(=O)[C@@]2(C(C(=O)OCC)=C(N)OC3=C2C(=O)CCC3)c2ccccc21. The van der Waals surface area contributed by atoms with Crippen molar-refractivity contribution >= 4 is 29.3 Å². The summed E-state index contributed by atoms with van der Waals surface area (Å²) in [7, 11) is 0. The molecule has 9 nitrogen and oxygen atoms in total. The number of carbonyl (C=O) groups excluding carboxylic acids is 4. The van der Waals surface area contributed by atoms with Gasteiger partial charge in [-0.1, -0.05) is 18.2 Å². The van der Waals surface area contributed by atoms with Gasteiger partial charge in [0.1, 0.15) is 23.3 Å². The highest BCUT2D eigenvalue weighted by molar-refractivity contribution is 6.24. The van der Waals surface area contributed by atoms with Crippen LogP contribution >= 0.6 is 0 Å². The fraction of sp³-hybridized carbons (Fsp3) is 0.391. The second-order valence-corrected chi connectivity index (χ2v) is 7.60. The molecule has 0 fully saturated rings. The monoisotopic (exact) mass is 440 g/mol. The third kappa shape index (κ3) is 2.99. The largest absolute Gasteiger partial charge is 0.465 e. The highest BCUT2D eigenvalue weighted by atomic mass is 16.5. The summed E-state index contributed by atoms with van der Waals surface area (Å²) >= 11 is 0. The number of amides is 1. The Hall–Kier alpha value is -3.62. The van der Waals surface area contributed by atoms with Gasteiger partial charge >= 0.3 is 11.9 Å². The average Bonchev–Trinajstić information content (AvgIpc) is 2.98. The van der Waals surface area contributed by atoms with Gasteiger partial charge in [-0.05, 0) is 26.3 Å². The van der Waals surface area contributed by atoms with Crippen LogP contribution in [0.2, 0.25) is 0 Å². The summed E-state index contributed by atoms with van der Waals surface area (Å²) in [5.74, 6) is -2.41. The van der Waals surface area contributed by atoms with Crippen LogP contribution in [-0.4, -0.2) is 43.4 Å². The van der Waals surface area contributed by atoms with E-state index in [1.165, 1.54) is 4.90 Å². The third-order valence-electron chi connectivity index (χ3n) is 5.83. The first kappa shape index (κ1) is 21.6. The lowest BCUT2D eigenvalue weighted by atomic mass is 9.64. The number of hydrogen-bond donors (Lipinski definition) is 1. The van der Waals surface area contributed by atoms with Crippen LogP contribution in [0.5, 0.6) is 0 Å². The Kier molecular flexibility index (Phi) is 5.50. The lowest BCUT2D eigenvalue weighted by Gasteiger charge is -2.38. The number of carbonyl (C=O) groups is 4. The molecule has 1 aromatic rings. The van der Waals surface area contributed by atoms with E-state index in [1.54, 1.807) is 38.1 Å². The Morgan fingerprint density at radius 3 is 2.56 bits per heavy atom. The molecule has 2 aliphatic heterocycles. The Morgan fingerprint density at radius 1 is 1.12 bits per heavy atom. The molecule has 1 atom stereocenters. The van der Waals surface area contributed by atoms with Gasteiger partial charge in [0.05, 0.1) is 18.8 Å². The first-order chi connectivity index (χ1) is 15.4. The highest BCUT2D eigenvalue weighted by Gasteiger charge is 2.64. The Balaban J connectivity index is 2.01. The van der Waals surface area contributed by atoms with Gasteiger partial charge in [-0.25, -0.2) is 4.79 Å². The molecule has 1 aliphatic carbocycles. The highest BCUT2D eigenvalue weighted by Crippen LogP contribution is 2.56. The number of rotatable bonds is 5. The molecule has 0 unspecified atom stereocenters. The minimum absolute atomic E-state index is 0.0356. The van der Waals surface area contributed by atoms with Crippen LogP contribution < -0.4 is 10.6 Å². The zero-order chi connectivity index (χ0) is 23.0. The number of hydrogen-bond acceptors (Lipinski definition) is 8. The van der Waals surface area contributed by atoms with E-state index in [-0.39, 0.29) is 54.8 Å². The fourth-order valence-electron chi connectivity index (χ4n) is 4.71. The molecule has 0 bridgehead atoms. The van der Waals surface area contributed by atoms with Crippen LogP contribution in [0.4, 0.5) is 5.69 Å². The second kappa shape index (κ2) is 8.14. The Labute approximate surface area is 184 Å². The van der Waals surface area contributed by atoms with Crippen molar-refractivity contribution in [1.82, 2.24) is 0 Å². The van der Waals surface area contributed by atoms with Crippen LogP contribution in [0.25, 0.3) is 0 Å². The minimum atomic E-state index is -1.84. The van der Waals surface area contributed by atoms with Gasteiger partial charge in [-0.2, -0.15) is 0 Å². The van der Waals surface area contributed by atoms with Gasteiger partial charge in [-0.3, -0.25) is 19.3 Å². The Morgan fingerprint density at radius 2 is 1.84 bits per heavy atom. The van der Waals surface area contributed by atoms with Gasteiger partial charge in [0.15, 0.2) is 5.78 Å². The second-order valence-electron chi connectivity index (χ2n) is 7.60. The zero-order valence-corrected chi connectivity index (χ0v) is 17.9. The Bertz CT molecular complexity index is 1090. The molecule has 0 saturated heterocycles. The summed E-state index contributed by atoms with van der Waals surface area (Å²) in [6.45, 7) is 3.10. The van der Waals surface area contributed by atoms with Crippen molar-refractivity contribution < 1.29 is 33.4 Å². The molecule has 1 aromatic carbocycles. The van der Waals surface area contributed by atoms with Crippen LogP contribution in [0.1, 0.15) is 38.7 Å². The molecular weight excluding hydrogens is 416 g/mol. The van der Waals surface area contributed by atoms with E-state index in [4.69, 9.17) is 19.9 Å². The van der Waals surface area contributed by atoms with Crippen molar-refractivity contribution in [3.63, 3.8) is 0 Å². The van der Waals surface area contributed by atoms with Crippen molar-refractivity contribution in [2.45, 2.75) is 38.5 Å².